The largest absolute Gasteiger partial charge is 0.423 e. The van der Waals surface area contributed by atoms with Crippen molar-refractivity contribution in [2.45, 2.75) is 77.2 Å². The number of rotatable bonds is 8. The number of allylic oxidation sites excluding steroid dienone is 1. The zero-order valence-corrected chi connectivity index (χ0v) is 16.2. The molecule has 1 aromatic rings. The van der Waals surface area contributed by atoms with E-state index < -0.39 is 24.5 Å². The summed E-state index contributed by atoms with van der Waals surface area (Å²) in [7, 11) is 0. The predicted octanol–water partition coefficient (Wildman–Crippen LogP) is 2.75. The second-order valence-electron chi connectivity index (χ2n) is 6.89. The van der Waals surface area contributed by atoms with Crippen molar-refractivity contribution in [1.29, 1.82) is 0 Å². The number of ether oxygens (including phenoxy) is 3. The van der Waals surface area contributed by atoms with E-state index >= 15 is 0 Å². The number of hydrogen-bond donors (Lipinski definition) is 2. The molecule has 5 atom stereocenters. The fourth-order valence-corrected chi connectivity index (χ4v) is 2.91. The number of carbonyl (C=O) groups is 1. The van der Waals surface area contributed by atoms with Gasteiger partial charge in [0.2, 0.25) is 0 Å². The molecule has 1 aliphatic heterocycles. The summed E-state index contributed by atoms with van der Waals surface area (Å²) in [5.74, 6) is 0.185. The third-order valence-corrected chi connectivity index (χ3v) is 4.61. The van der Waals surface area contributed by atoms with Gasteiger partial charge >= 0.3 is 5.97 Å². The fraction of sp³-hybridized carbons (Fsp3) is 0.571. The molecule has 6 heteroatoms. The minimum Gasteiger partial charge on any atom is -0.423 e. The van der Waals surface area contributed by atoms with Crippen LogP contribution in [0.25, 0.3) is 0 Å². The van der Waals surface area contributed by atoms with E-state index in [1.54, 1.807) is 19.1 Å². The van der Waals surface area contributed by atoms with Crippen LogP contribution in [0.5, 0.6) is 5.75 Å². The lowest BCUT2D eigenvalue weighted by molar-refractivity contribution is -0.273. The number of para-hydroxylation sites is 1. The van der Waals surface area contributed by atoms with Crippen molar-refractivity contribution >= 4 is 5.97 Å². The Balaban J connectivity index is 1.72. The number of aliphatic hydroxyl groups is 2. The van der Waals surface area contributed by atoms with Gasteiger partial charge in [-0.15, -0.1) is 0 Å². The third kappa shape index (κ3) is 6.74. The number of hydrogen-bond acceptors (Lipinski definition) is 6. The number of aliphatic hydroxyl groups excluding tert-OH is 2. The van der Waals surface area contributed by atoms with Crippen LogP contribution >= 0.6 is 0 Å². The SMILES string of the molecule is CCc1ccccc1OC(=O)/C=C/CCC(C)O[C@@H]1O[C@@H](C)[C@H](O)C[C@H]1O. The van der Waals surface area contributed by atoms with E-state index in [4.69, 9.17) is 14.2 Å². The van der Waals surface area contributed by atoms with Gasteiger partial charge in [-0.2, -0.15) is 0 Å². The Labute approximate surface area is 160 Å². The van der Waals surface area contributed by atoms with Crippen molar-refractivity contribution in [3.8, 4) is 5.75 Å². The van der Waals surface area contributed by atoms with Gasteiger partial charge in [0.1, 0.15) is 11.9 Å². The summed E-state index contributed by atoms with van der Waals surface area (Å²) in [6.07, 6.45) is 2.72. The highest BCUT2D eigenvalue weighted by Crippen LogP contribution is 2.23. The van der Waals surface area contributed by atoms with Gasteiger partial charge in [0.25, 0.3) is 0 Å². The van der Waals surface area contributed by atoms with Gasteiger partial charge in [-0.1, -0.05) is 31.2 Å². The molecule has 2 rings (SSSR count). The zero-order valence-electron chi connectivity index (χ0n) is 16.2. The summed E-state index contributed by atoms with van der Waals surface area (Å²) >= 11 is 0. The molecule has 0 aromatic heterocycles. The minimum absolute atomic E-state index is 0.159. The lowest BCUT2D eigenvalue weighted by Gasteiger charge is -2.36. The summed E-state index contributed by atoms with van der Waals surface area (Å²) in [6.45, 7) is 5.65. The maximum absolute atomic E-state index is 11.9. The highest BCUT2D eigenvalue weighted by atomic mass is 16.7. The summed E-state index contributed by atoms with van der Waals surface area (Å²) < 4.78 is 16.6. The van der Waals surface area contributed by atoms with Gasteiger partial charge in [-0.3, -0.25) is 0 Å². The van der Waals surface area contributed by atoms with Crippen LogP contribution in [0, 0.1) is 0 Å². The number of benzene rings is 1. The Morgan fingerprint density at radius 2 is 2.07 bits per heavy atom. The molecule has 6 nitrogen and oxygen atoms in total. The van der Waals surface area contributed by atoms with Crippen molar-refractivity contribution in [3.63, 3.8) is 0 Å². The van der Waals surface area contributed by atoms with Crippen LogP contribution in [0.4, 0.5) is 0 Å². The lowest BCUT2D eigenvalue weighted by atomic mass is 10.0. The van der Waals surface area contributed by atoms with Crippen LogP contribution in [0.15, 0.2) is 36.4 Å². The lowest BCUT2D eigenvalue weighted by Crippen LogP contribution is -2.48. The Morgan fingerprint density at radius 3 is 2.81 bits per heavy atom. The average Bonchev–Trinajstić information content (AvgIpc) is 2.64. The first-order chi connectivity index (χ1) is 12.9. The summed E-state index contributed by atoms with van der Waals surface area (Å²) in [4.78, 5) is 11.9. The Bertz CT molecular complexity index is 629. The molecule has 1 aromatic carbocycles. The van der Waals surface area contributed by atoms with Crippen molar-refractivity contribution in [3.05, 3.63) is 42.0 Å². The van der Waals surface area contributed by atoms with Gasteiger partial charge in [0, 0.05) is 12.5 Å². The highest BCUT2D eigenvalue weighted by molar-refractivity contribution is 5.84. The van der Waals surface area contributed by atoms with Crippen molar-refractivity contribution in [2.75, 3.05) is 0 Å². The van der Waals surface area contributed by atoms with Gasteiger partial charge in [0.05, 0.1) is 18.3 Å². The molecular formula is C21H30O6. The molecule has 1 saturated heterocycles. The van der Waals surface area contributed by atoms with E-state index in [2.05, 4.69) is 0 Å². The summed E-state index contributed by atoms with van der Waals surface area (Å²) in [5.41, 5.74) is 0.992. The van der Waals surface area contributed by atoms with E-state index in [0.29, 0.717) is 18.6 Å². The van der Waals surface area contributed by atoms with Crippen molar-refractivity contribution in [1.82, 2.24) is 0 Å². The van der Waals surface area contributed by atoms with E-state index in [-0.39, 0.29) is 18.6 Å². The van der Waals surface area contributed by atoms with E-state index in [1.165, 1.54) is 6.08 Å². The van der Waals surface area contributed by atoms with Crippen LogP contribution in [0.2, 0.25) is 0 Å². The van der Waals surface area contributed by atoms with Gasteiger partial charge < -0.3 is 24.4 Å². The molecular weight excluding hydrogens is 348 g/mol. The van der Waals surface area contributed by atoms with Crippen molar-refractivity contribution < 1.29 is 29.2 Å². The third-order valence-electron chi connectivity index (χ3n) is 4.61. The minimum atomic E-state index is -0.845. The first-order valence-corrected chi connectivity index (χ1v) is 9.54. The predicted molar refractivity (Wildman–Crippen MR) is 101 cm³/mol. The first-order valence-electron chi connectivity index (χ1n) is 9.54. The number of esters is 1. The quantitative estimate of drug-likeness (QED) is 0.411. The number of carbonyl (C=O) groups excluding carboxylic acids is 1. The molecule has 0 spiro atoms. The molecule has 1 heterocycles. The normalized spacial score (nSPS) is 26.9. The zero-order chi connectivity index (χ0) is 19.8. The van der Waals surface area contributed by atoms with Crippen LogP contribution in [0.3, 0.4) is 0 Å². The second kappa shape index (κ2) is 10.6. The molecule has 1 unspecified atom stereocenters. The molecule has 0 aliphatic carbocycles. The summed E-state index contributed by atoms with van der Waals surface area (Å²) in [6, 6.07) is 7.48. The Morgan fingerprint density at radius 1 is 1.33 bits per heavy atom. The van der Waals surface area contributed by atoms with Gasteiger partial charge in [-0.25, -0.2) is 4.79 Å². The summed E-state index contributed by atoms with van der Waals surface area (Å²) in [5, 5.41) is 19.6. The fourth-order valence-electron chi connectivity index (χ4n) is 2.91. The van der Waals surface area contributed by atoms with Gasteiger partial charge in [0.15, 0.2) is 6.29 Å². The molecule has 0 radical (unpaired) electrons. The molecule has 1 aliphatic rings. The molecule has 150 valence electrons. The maximum Gasteiger partial charge on any atom is 0.335 e. The van der Waals surface area contributed by atoms with Crippen LogP contribution in [0.1, 0.15) is 45.6 Å². The molecule has 2 N–H and O–H groups in total. The van der Waals surface area contributed by atoms with Gasteiger partial charge in [-0.05, 0) is 44.7 Å². The molecule has 27 heavy (non-hydrogen) atoms. The highest BCUT2D eigenvalue weighted by Gasteiger charge is 2.35. The molecule has 0 saturated carbocycles. The first kappa shape index (κ1) is 21.6. The molecule has 0 bridgehead atoms. The Hall–Kier alpha value is -1.73. The Kier molecular flexibility index (Phi) is 8.44. The second-order valence-corrected chi connectivity index (χ2v) is 6.89. The van der Waals surface area contributed by atoms with E-state index in [0.717, 1.165) is 12.0 Å². The smallest absolute Gasteiger partial charge is 0.335 e. The molecule has 1 fully saturated rings. The van der Waals surface area contributed by atoms with E-state index in [1.807, 2.05) is 32.0 Å². The topological polar surface area (TPSA) is 85.2 Å². The van der Waals surface area contributed by atoms with Crippen molar-refractivity contribution in [2.24, 2.45) is 0 Å². The maximum atomic E-state index is 11.9. The standard InChI is InChI=1S/C21H30O6/c1-4-16-10-6-7-11-19(16)27-20(24)12-8-5-9-14(2)25-21-18(23)13-17(22)15(3)26-21/h6-8,10-12,14-15,17-18,21-23H,4-5,9,13H2,1-3H3/b12-8+/t14?,15-,17+,18+,21+/m0/s1. The van der Waals surface area contributed by atoms with Crippen LogP contribution in [-0.2, 0) is 20.7 Å². The van der Waals surface area contributed by atoms with Crippen LogP contribution in [-0.4, -0.2) is 46.9 Å². The average molecular weight is 378 g/mol. The number of aryl methyl sites for hydroxylation is 1. The molecule has 0 amide bonds. The van der Waals surface area contributed by atoms with E-state index in [9.17, 15) is 15.0 Å². The van der Waals surface area contributed by atoms with Crippen LogP contribution < -0.4 is 4.74 Å². The monoisotopic (exact) mass is 378 g/mol.